The molecule has 0 bridgehead atoms. The van der Waals surface area contributed by atoms with E-state index in [-0.39, 0.29) is 11.3 Å². The van der Waals surface area contributed by atoms with Crippen molar-refractivity contribution in [1.29, 1.82) is 0 Å². The Morgan fingerprint density at radius 3 is 2.53 bits per heavy atom. The Morgan fingerprint density at radius 2 is 1.84 bits per heavy atom. The van der Waals surface area contributed by atoms with Crippen LogP contribution >= 0.6 is 0 Å². The fourth-order valence-electron chi connectivity index (χ4n) is 1.85. The zero-order valence-corrected chi connectivity index (χ0v) is 10.7. The standard InChI is InChI=1S/C16H15NO2/c1-12-7-14(16(19)15(8-12)11-18)10-17-9-13-5-3-2-4-6-13/h2-8,10-11,19H,9H2,1H3/p-1. The number of aryl methyl sites for hydroxylation is 1. The molecule has 0 unspecified atom stereocenters. The Hall–Kier alpha value is -2.42. The number of carbonyl (C=O) groups is 1. The van der Waals surface area contributed by atoms with Gasteiger partial charge in [0.15, 0.2) is 0 Å². The second kappa shape index (κ2) is 5.96. The number of hydrogen-bond donors (Lipinski definition) is 0. The van der Waals surface area contributed by atoms with Gasteiger partial charge in [0.05, 0.1) is 6.54 Å². The smallest absolute Gasteiger partial charge is 0.149 e. The van der Waals surface area contributed by atoms with Gasteiger partial charge in [-0.1, -0.05) is 42.1 Å². The van der Waals surface area contributed by atoms with E-state index in [1.54, 1.807) is 12.1 Å². The van der Waals surface area contributed by atoms with Gasteiger partial charge in [-0.05, 0) is 29.7 Å². The Labute approximate surface area is 112 Å². The first kappa shape index (κ1) is 13.0. The number of carbonyl (C=O) groups excluding carboxylic acids is 1. The highest BCUT2D eigenvalue weighted by molar-refractivity contribution is 5.90. The zero-order chi connectivity index (χ0) is 13.7. The average molecular weight is 252 g/mol. The van der Waals surface area contributed by atoms with E-state index >= 15 is 0 Å². The number of benzene rings is 2. The first-order valence-electron chi connectivity index (χ1n) is 6.01. The van der Waals surface area contributed by atoms with Gasteiger partial charge < -0.3 is 5.11 Å². The van der Waals surface area contributed by atoms with Crippen LogP contribution in [0.2, 0.25) is 0 Å². The third-order valence-electron chi connectivity index (χ3n) is 2.76. The highest BCUT2D eigenvalue weighted by Gasteiger charge is 1.99. The van der Waals surface area contributed by atoms with Crippen molar-refractivity contribution < 1.29 is 9.90 Å². The lowest BCUT2D eigenvalue weighted by molar-refractivity contribution is -0.268. The topological polar surface area (TPSA) is 52.5 Å². The van der Waals surface area contributed by atoms with Crippen LogP contribution < -0.4 is 5.11 Å². The molecule has 0 spiro atoms. The molecular weight excluding hydrogens is 238 g/mol. The summed E-state index contributed by atoms with van der Waals surface area (Å²) in [7, 11) is 0. The lowest BCUT2D eigenvalue weighted by Gasteiger charge is -2.13. The number of hydrogen-bond acceptors (Lipinski definition) is 3. The number of rotatable bonds is 4. The summed E-state index contributed by atoms with van der Waals surface area (Å²) in [6.07, 6.45) is 2.12. The molecule has 96 valence electrons. The van der Waals surface area contributed by atoms with Gasteiger partial charge in [-0.3, -0.25) is 9.79 Å². The summed E-state index contributed by atoms with van der Waals surface area (Å²) in [5.74, 6) is -0.266. The van der Waals surface area contributed by atoms with Crippen molar-refractivity contribution in [2.75, 3.05) is 0 Å². The van der Waals surface area contributed by atoms with E-state index in [0.717, 1.165) is 11.1 Å². The Bertz CT molecular complexity index is 604. The second-order valence-corrected chi connectivity index (χ2v) is 4.35. The van der Waals surface area contributed by atoms with Crippen molar-refractivity contribution in [2.45, 2.75) is 13.5 Å². The first-order chi connectivity index (χ1) is 9.20. The van der Waals surface area contributed by atoms with E-state index < -0.39 is 0 Å². The molecular formula is C16H14NO2-. The van der Waals surface area contributed by atoms with Gasteiger partial charge in [-0.25, -0.2) is 0 Å². The molecule has 3 nitrogen and oxygen atoms in total. The number of aliphatic imine (C=N–C) groups is 1. The number of aldehydes is 1. The van der Waals surface area contributed by atoms with Crippen molar-refractivity contribution >= 4 is 12.5 Å². The molecule has 19 heavy (non-hydrogen) atoms. The summed E-state index contributed by atoms with van der Waals surface area (Å²) in [4.78, 5) is 15.0. The summed E-state index contributed by atoms with van der Waals surface area (Å²) >= 11 is 0. The van der Waals surface area contributed by atoms with E-state index in [0.29, 0.717) is 18.4 Å². The van der Waals surface area contributed by atoms with Crippen molar-refractivity contribution in [3.05, 3.63) is 64.7 Å². The zero-order valence-electron chi connectivity index (χ0n) is 10.7. The molecule has 0 aliphatic heterocycles. The molecule has 0 aliphatic carbocycles. The fraction of sp³-hybridized carbons (Fsp3) is 0.125. The molecule has 0 aliphatic rings. The van der Waals surface area contributed by atoms with Crippen molar-refractivity contribution in [2.24, 2.45) is 4.99 Å². The van der Waals surface area contributed by atoms with Gasteiger partial charge in [0, 0.05) is 11.8 Å². The average Bonchev–Trinajstić information content (AvgIpc) is 2.43. The summed E-state index contributed by atoms with van der Waals surface area (Å²) in [6, 6.07) is 13.1. The molecule has 2 aromatic carbocycles. The first-order valence-corrected chi connectivity index (χ1v) is 6.01. The molecule has 0 saturated heterocycles. The summed E-state index contributed by atoms with van der Waals surface area (Å²) in [5, 5.41) is 11.9. The quantitative estimate of drug-likeness (QED) is 0.620. The lowest BCUT2D eigenvalue weighted by atomic mass is 10.1. The monoisotopic (exact) mass is 252 g/mol. The summed E-state index contributed by atoms with van der Waals surface area (Å²) in [6.45, 7) is 2.37. The molecule has 0 fully saturated rings. The van der Waals surface area contributed by atoms with Gasteiger partial charge in [0.1, 0.15) is 6.29 Å². The predicted molar refractivity (Wildman–Crippen MR) is 73.8 cm³/mol. The predicted octanol–water partition coefficient (Wildman–Crippen LogP) is 2.50. The van der Waals surface area contributed by atoms with E-state index in [1.807, 2.05) is 37.3 Å². The maximum atomic E-state index is 11.9. The molecule has 2 aromatic rings. The van der Waals surface area contributed by atoms with Gasteiger partial charge in [0.2, 0.25) is 0 Å². The molecule has 0 radical (unpaired) electrons. The molecule has 0 heterocycles. The Kier molecular flexibility index (Phi) is 4.08. The van der Waals surface area contributed by atoms with Gasteiger partial charge in [-0.15, -0.1) is 0 Å². The Balaban J connectivity index is 2.19. The highest BCUT2D eigenvalue weighted by atomic mass is 16.3. The number of nitrogens with zero attached hydrogens (tertiary/aromatic N) is 1. The maximum Gasteiger partial charge on any atom is 0.149 e. The van der Waals surface area contributed by atoms with E-state index in [1.165, 1.54) is 6.21 Å². The van der Waals surface area contributed by atoms with Gasteiger partial charge in [-0.2, -0.15) is 0 Å². The van der Waals surface area contributed by atoms with Crippen molar-refractivity contribution in [3.63, 3.8) is 0 Å². The maximum absolute atomic E-state index is 11.9. The normalized spacial score (nSPS) is 10.8. The molecule has 0 saturated carbocycles. The van der Waals surface area contributed by atoms with E-state index in [9.17, 15) is 9.90 Å². The molecule has 0 aromatic heterocycles. The summed E-state index contributed by atoms with van der Waals surface area (Å²) < 4.78 is 0. The molecule has 0 amide bonds. The molecule has 2 rings (SSSR count). The van der Waals surface area contributed by atoms with Crippen LogP contribution in [0.1, 0.15) is 27.0 Å². The molecule has 0 N–H and O–H groups in total. The van der Waals surface area contributed by atoms with Crippen molar-refractivity contribution in [3.8, 4) is 5.75 Å². The largest absolute Gasteiger partial charge is 0.872 e. The van der Waals surface area contributed by atoms with Crippen LogP contribution in [-0.2, 0) is 6.54 Å². The van der Waals surface area contributed by atoms with Crippen LogP contribution in [0.5, 0.6) is 5.75 Å². The van der Waals surface area contributed by atoms with Crippen LogP contribution in [0, 0.1) is 6.92 Å². The third-order valence-corrected chi connectivity index (χ3v) is 2.76. The minimum Gasteiger partial charge on any atom is -0.872 e. The van der Waals surface area contributed by atoms with Gasteiger partial charge >= 0.3 is 0 Å². The minimum atomic E-state index is -0.266. The third kappa shape index (κ3) is 3.28. The SMILES string of the molecule is Cc1cc(C=O)c([O-])c(C=NCc2ccccc2)c1. The Morgan fingerprint density at radius 1 is 1.16 bits per heavy atom. The van der Waals surface area contributed by atoms with E-state index in [2.05, 4.69) is 4.99 Å². The van der Waals surface area contributed by atoms with Crippen LogP contribution in [0.15, 0.2) is 47.5 Å². The fourth-order valence-corrected chi connectivity index (χ4v) is 1.85. The lowest BCUT2D eigenvalue weighted by Crippen LogP contribution is -2.02. The van der Waals surface area contributed by atoms with Crippen LogP contribution in [0.3, 0.4) is 0 Å². The van der Waals surface area contributed by atoms with Crippen LogP contribution in [-0.4, -0.2) is 12.5 Å². The van der Waals surface area contributed by atoms with Crippen molar-refractivity contribution in [1.82, 2.24) is 0 Å². The highest BCUT2D eigenvalue weighted by Crippen LogP contribution is 2.18. The summed E-state index contributed by atoms with van der Waals surface area (Å²) in [5.41, 5.74) is 2.59. The minimum absolute atomic E-state index is 0.182. The van der Waals surface area contributed by atoms with Crippen LogP contribution in [0.4, 0.5) is 0 Å². The van der Waals surface area contributed by atoms with Gasteiger partial charge in [0.25, 0.3) is 0 Å². The van der Waals surface area contributed by atoms with Crippen LogP contribution in [0.25, 0.3) is 0 Å². The molecule has 3 heteroatoms. The van der Waals surface area contributed by atoms with E-state index in [4.69, 9.17) is 0 Å². The molecule has 0 atom stereocenters. The second-order valence-electron chi connectivity index (χ2n) is 4.35.